The van der Waals surface area contributed by atoms with E-state index < -0.39 is 6.61 Å². The lowest BCUT2D eigenvalue weighted by Crippen LogP contribution is -2.38. The molecule has 1 aromatic rings. The van der Waals surface area contributed by atoms with Crippen molar-refractivity contribution in [2.45, 2.75) is 33.9 Å². The zero-order chi connectivity index (χ0) is 17.2. The van der Waals surface area contributed by atoms with E-state index in [1.807, 2.05) is 0 Å². The van der Waals surface area contributed by atoms with E-state index in [-0.39, 0.29) is 29.7 Å². The van der Waals surface area contributed by atoms with Crippen molar-refractivity contribution in [3.05, 3.63) is 23.8 Å². The van der Waals surface area contributed by atoms with E-state index in [2.05, 4.69) is 34.2 Å². The Kier molecular flexibility index (Phi) is 11.4. The van der Waals surface area contributed by atoms with E-state index >= 15 is 0 Å². The van der Waals surface area contributed by atoms with Gasteiger partial charge in [-0.3, -0.25) is 4.99 Å². The quantitative estimate of drug-likeness (QED) is 0.356. The van der Waals surface area contributed by atoms with Crippen LogP contribution in [0.4, 0.5) is 8.78 Å². The average Bonchev–Trinajstić information content (AvgIpc) is 2.49. The van der Waals surface area contributed by atoms with Crippen LogP contribution >= 0.6 is 24.0 Å². The molecule has 8 heteroatoms. The van der Waals surface area contributed by atoms with Gasteiger partial charge in [0.15, 0.2) is 17.5 Å². The minimum absolute atomic E-state index is 0. The summed E-state index contributed by atoms with van der Waals surface area (Å²) in [5.41, 5.74) is 0.877. The highest BCUT2D eigenvalue weighted by atomic mass is 127. The number of hydrogen-bond acceptors (Lipinski definition) is 3. The Labute approximate surface area is 159 Å². The molecule has 0 amide bonds. The molecule has 0 spiro atoms. The van der Waals surface area contributed by atoms with Crippen LogP contribution in [-0.2, 0) is 6.54 Å². The molecule has 0 aliphatic carbocycles. The van der Waals surface area contributed by atoms with Crippen molar-refractivity contribution in [1.82, 2.24) is 10.6 Å². The highest BCUT2D eigenvalue weighted by molar-refractivity contribution is 14.0. The van der Waals surface area contributed by atoms with E-state index in [4.69, 9.17) is 4.74 Å². The molecule has 138 valence electrons. The van der Waals surface area contributed by atoms with Gasteiger partial charge in [0.1, 0.15) is 0 Å². The second kappa shape index (κ2) is 12.1. The van der Waals surface area contributed by atoms with E-state index in [0.717, 1.165) is 12.1 Å². The summed E-state index contributed by atoms with van der Waals surface area (Å²) < 4.78 is 34.6. The molecule has 0 aliphatic heterocycles. The first-order valence-electron chi connectivity index (χ1n) is 7.61. The largest absolute Gasteiger partial charge is 0.490 e. The zero-order valence-corrected chi connectivity index (χ0v) is 16.8. The molecule has 0 aliphatic rings. The molecular formula is C16H26F2IN3O2. The van der Waals surface area contributed by atoms with E-state index in [1.165, 1.54) is 6.07 Å². The molecule has 5 nitrogen and oxygen atoms in total. The molecule has 1 rings (SSSR count). The van der Waals surface area contributed by atoms with Crippen LogP contribution in [0.15, 0.2) is 23.2 Å². The van der Waals surface area contributed by atoms with Gasteiger partial charge in [-0.2, -0.15) is 8.78 Å². The highest BCUT2D eigenvalue weighted by Gasteiger charge is 2.11. The fourth-order valence-corrected chi connectivity index (χ4v) is 1.83. The Balaban J connectivity index is 0.00000529. The maximum absolute atomic E-state index is 12.4. The number of hydrogen-bond donors (Lipinski definition) is 2. The average molecular weight is 457 g/mol. The summed E-state index contributed by atoms with van der Waals surface area (Å²) in [4.78, 5) is 4.13. The van der Waals surface area contributed by atoms with Gasteiger partial charge in [0.2, 0.25) is 0 Å². The third kappa shape index (κ3) is 8.51. The second-order valence-electron chi connectivity index (χ2n) is 5.29. The van der Waals surface area contributed by atoms with Crippen molar-refractivity contribution < 1.29 is 18.3 Å². The lowest BCUT2D eigenvalue weighted by atomic mass is 10.2. The van der Waals surface area contributed by atoms with Crippen LogP contribution in [0.3, 0.4) is 0 Å². The Morgan fingerprint density at radius 3 is 2.46 bits per heavy atom. The first kappa shape index (κ1) is 22.7. The zero-order valence-electron chi connectivity index (χ0n) is 14.4. The normalized spacial score (nSPS) is 11.2. The van der Waals surface area contributed by atoms with Crippen molar-refractivity contribution in [2.24, 2.45) is 10.9 Å². The van der Waals surface area contributed by atoms with Gasteiger partial charge < -0.3 is 20.1 Å². The van der Waals surface area contributed by atoms with Crippen molar-refractivity contribution in [1.29, 1.82) is 0 Å². The van der Waals surface area contributed by atoms with Gasteiger partial charge in [0.05, 0.1) is 6.61 Å². The minimum atomic E-state index is -2.88. The summed E-state index contributed by atoms with van der Waals surface area (Å²) in [7, 11) is 1.70. The van der Waals surface area contributed by atoms with Gasteiger partial charge in [-0.15, -0.1) is 24.0 Å². The highest BCUT2D eigenvalue weighted by Crippen LogP contribution is 2.29. The maximum Gasteiger partial charge on any atom is 0.387 e. The summed E-state index contributed by atoms with van der Waals surface area (Å²) in [5, 5.41) is 6.37. The van der Waals surface area contributed by atoms with E-state index in [1.54, 1.807) is 26.1 Å². The van der Waals surface area contributed by atoms with Crippen molar-refractivity contribution in [2.75, 3.05) is 20.2 Å². The predicted octanol–water partition coefficient (Wildman–Crippen LogP) is 3.63. The Morgan fingerprint density at radius 2 is 1.92 bits per heavy atom. The molecule has 2 N–H and O–H groups in total. The van der Waals surface area contributed by atoms with Crippen LogP contribution in [-0.4, -0.2) is 32.8 Å². The summed E-state index contributed by atoms with van der Waals surface area (Å²) >= 11 is 0. The first-order valence-corrected chi connectivity index (χ1v) is 7.61. The summed E-state index contributed by atoms with van der Waals surface area (Å²) in [6.45, 7) is 4.80. The number of halogens is 3. The van der Waals surface area contributed by atoms with Gasteiger partial charge in [0, 0.05) is 20.1 Å². The van der Waals surface area contributed by atoms with Crippen LogP contribution in [0.5, 0.6) is 11.5 Å². The molecule has 0 unspecified atom stereocenters. The summed E-state index contributed by atoms with van der Waals surface area (Å²) in [6.07, 6.45) is 0. The first-order chi connectivity index (χ1) is 11.0. The lowest BCUT2D eigenvalue weighted by Gasteiger charge is -2.15. The van der Waals surface area contributed by atoms with Gasteiger partial charge in [-0.25, -0.2) is 0 Å². The van der Waals surface area contributed by atoms with Gasteiger partial charge in [-0.05, 0) is 30.5 Å². The van der Waals surface area contributed by atoms with Crippen LogP contribution in [0.1, 0.15) is 26.3 Å². The SMILES string of the molecule is CCOc1cc(CNC(=NC)NCC(C)C)ccc1OC(F)F.I. The fraction of sp³-hybridized carbons (Fsp3) is 0.562. The number of nitrogens with one attached hydrogen (secondary N) is 2. The molecule has 1 aromatic carbocycles. The number of aliphatic imine (C=N–C) groups is 1. The Hall–Kier alpha value is -1.32. The molecule has 0 bridgehead atoms. The van der Waals surface area contributed by atoms with Gasteiger partial charge in [-0.1, -0.05) is 19.9 Å². The number of benzene rings is 1. The second-order valence-corrected chi connectivity index (χ2v) is 5.29. The van der Waals surface area contributed by atoms with Gasteiger partial charge >= 0.3 is 6.61 Å². The van der Waals surface area contributed by atoms with Crippen LogP contribution in [0.25, 0.3) is 0 Å². The number of guanidine groups is 1. The third-order valence-electron chi connectivity index (χ3n) is 2.89. The van der Waals surface area contributed by atoms with Crippen molar-refractivity contribution in [3.8, 4) is 11.5 Å². The monoisotopic (exact) mass is 457 g/mol. The molecule has 0 heterocycles. The van der Waals surface area contributed by atoms with Gasteiger partial charge in [0.25, 0.3) is 0 Å². The van der Waals surface area contributed by atoms with Crippen molar-refractivity contribution >= 4 is 29.9 Å². The number of alkyl halides is 2. The maximum atomic E-state index is 12.4. The van der Waals surface area contributed by atoms with Crippen LogP contribution < -0.4 is 20.1 Å². The molecule has 0 atom stereocenters. The molecule has 0 aromatic heterocycles. The minimum Gasteiger partial charge on any atom is -0.490 e. The lowest BCUT2D eigenvalue weighted by molar-refractivity contribution is -0.0514. The van der Waals surface area contributed by atoms with Crippen LogP contribution in [0.2, 0.25) is 0 Å². The molecule has 0 radical (unpaired) electrons. The summed E-state index contributed by atoms with van der Waals surface area (Å²) in [5.74, 6) is 1.53. The van der Waals surface area contributed by atoms with E-state index in [9.17, 15) is 8.78 Å². The standard InChI is InChI=1S/C16H25F2N3O2.HI/c1-5-22-14-8-12(6-7-13(14)23-15(17)18)10-21-16(19-4)20-9-11(2)3;/h6-8,11,15H,5,9-10H2,1-4H3,(H2,19,20,21);1H. The Morgan fingerprint density at radius 1 is 1.21 bits per heavy atom. The van der Waals surface area contributed by atoms with Crippen LogP contribution in [0, 0.1) is 5.92 Å². The van der Waals surface area contributed by atoms with Crippen molar-refractivity contribution in [3.63, 3.8) is 0 Å². The number of nitrogens with zero attached hydrogens (tertiary/aromatic N) is 1. The number of rotatable bonds is 8. The molecule has 0 saturated heterocycles. The fourth-order valence-electron chi connectivity index (χ4n) is 1.83. The molecule has 0 saturated carbocycles. The Bertz CT molecular complexity index is 514. The topological polar surface area (TPSA) is 54.9 Å². The summed E-state index contributed by atoms with van der Waals surface area (Å²) in [6, 6.07) is 4.88. The smallest absolute Gasteiger partial charge is 0.387 e. The molecule has 0 fully saturated rings. The van der Waals surface area contributed by atoms with E-state index in [0.29, 0.717) is 30.8 Å². The number of ether oxygens (including phenoxy) is 2. The third-order valence-corrected chi connectivity index (χ3v) is 2.89. The molecular weight excluding hydrogens is 431 g/mol. The molecule has 24 heavy (non-hydrogen) atoms. The predicted molar refractivity (Wildman–Crippen MR) is 103 cm³/mol.